The summed E-state index contributed by atoms with van der Waals surface area (Å²) in [5.74, 6) is 0. The Morgan fingerprint density at radius 1 is 0.455 bits per heavy atom. The Bertz CT molecular complexity index is 2580. The van der Waals surface area contributed by atoms with E-state index < -0.39 is 8.07 Å². The molecule has 7 aromatic carbocycles. The molecule has 0 aromatic heterocycles. The van der Waals surface area contributed by atoms with E-state index in [0.29, 0.717) is 0 Å². The van der Waals surface area contributed by atoms with Crippen LogP contribution in [0.3, 0.4) is 0 Å². The summed E-state index contributed by atoms with van der Waals surface area (Å²) >= 11 is 0. The van der Waals surface area contributed by atoms with E-state index in [2.05, 4.69) is 216 Å². The number of fused-ring (bicyclic) bond motifs is 6. The molecule has 0 saturated carbocycles. The molecule has 0 unspecified atom stereocenters. The highest BCUT2D eigenvalue weighted by molar-refractivity contribution is 7.22. The minimum Gasteiger partial charge on any atom is -0.312 e. The molecule has 55 heavy (non-hydrogen) atoms. The van der Waals surface area contributed by atoms with Crippen molar-refractivity contribution in [1.29, 1.82) is 0 Å². The van der Waals surface area contributed by atoms with Crippen LogP contribution < -0.4 is 46.9 Å². The SMILES string of the molecule is Cc1ccc2c(c1)N(c1cc(C(C)(C)C)cc(C(C)(C)C)c1)c1cccc3c1B2c1cccc2c1N3c1ccccc1[Si]2(c1ccccc1)c1ccccc1. The maximum Gasteiger partial charge on any atom is 0.252 e. The highest BCUT2D eigenvalue weighted by Gasteiger charge is 2.53. The molecule has 10 rings (SSSR count). The first-order valence-electron chi connectivity index (χ1n) is 19.8. The zero-order valence-electron chi connectivity index (χ0n) is 33.0. The van der Waals surface area contributed by atoms with Crippen molar-refractivity contribution in [2.45, 2.75) is 59.3 Å². The highest BCUT2D eigenvalue weighted by atomic mass is 28.3. The summed E-state index contributed by atoms with van der Waals surface area (Å²) < 4.78 is 0. The Kier molecular flexibility index (Phi) is 7.38. The number of nitrogens with zero attached hydrogens (tertiary/aromatic N) is 2. The molecule has 0 radical (unpaired) electrons. The van der Waals surface area contributed by atoms with Crippen molar-refractivity contribution in [2.24, 2.45) is 0 Å². The average molecular weight is 727 g/mol. The summed E-state index contributed by atoms with van der Waals surface area (Å²) in [5, 5.41) is 5.73. The highest BCUT2D eigenvalue weighted by Crippen LogP contribution is 2.46. The molecule has 3 heterocycles. The predicted molar refractivity (Wildman–Crippen MR) is 240 cm³/mol. The van der Waals surface area contributed by atoms with Gasteiger partial charge in [-0.1, -0.05) is 163 Å². The second-order valence-electron chi connectivity index (χ2n) is 17.9. The van der Waals surface area contributed by atoms with Gasteiger partial charge in [-0.3, -0.25) is 0 Å². The molecular weight excluding hydrogens is 679 g/mol. The average Bonchev–Trinajstić information content (AvgIpc) is 3.18. The predicted octanol–water partition coefficient (Wildman–Crippen LogP) is 8.36. The van der Waals surface area contributed by atoms with Gasteiger partial charge in [0.1, 0.15) is 0 Å². The van der Waals surface area contributed by atoms with Crippen LogP contribution in [0, 0.1) is 6.92 Å². The van der Waals surface area contributed by atoms with Gasteiger partial charge in [-0.05, 0) is 108 Å². The van der Waals surface area contributed by atoms with Gasteiger partial charge in [0.25, 0.3) is 6.71 Å². The van der Waals surface area contributed by atoms with Gasteiger partial charge in [0.15, 0.2) is 8.07 Å². The lowest BCUT2D eigenvalue weighted by Crippen LogP contribution is -2.79. The summed E-state index contributed by atoms with van der Waals surface area (Å²) in [6, 6.07) is 60.8. The second kappa shape index (κ2) is 12.0. The third kappa shape index (κ3) is 4.87. The topological polar surface area (TPSA) is 6.48 Å². The molecule has 0 spiro atoms. The molecule has 0 atom stereocenters. The smallest absolute Gasteiger partial charge is 0.252 e. The van der Waals surface area contributed by atoms with Crippen molar-refractivity contribution >= 4 is 86.0 Å². The molecule has 4 heteroatoms. The Labute approximate surface area is 328 Å². The quantitative estimate of drug-likeness (QED) is 0.169. The van der Waals surface area contributed by atoms with Crippen molar-refractivity contribution in [3.8, 4) is 0 Å². The van der Waals surface area contributed by atoms with Gasteiger partial charge in [0, 0.05) is 34.1 Å². The molecule has 3 aliphatic heterocycles. The lowest BCUT2D eigenvalue weighted by molar-refractivity contribution is 0.569. The number of benzene rings is 7. The van der Waals surface area contributed by atoms with Crippen molar-refractivity contribution in [3.05, 3.63) is 174 Å². The fourth-order valence-electron chi connectivity index (χ4n) is 9.82. The van der Waals surface area contributed by atoms with Gasteiger partial charge in [-0.25, -0.2) is 0 Å². The monoisotopic (exact) mass is 726 g/mol. The van der Waals surface area contributed by atoms with E-state index in [1.165, 1.54) is 87.9 Å². The van der Waals surface area contributed by atoms with E-state index in [0.717, 1.165) is 0 Å². The third-order valence-corrected chi connectivity index (χ3v) is 17.3. The molecule has 2 nitrogen and oxygen atoms in total. The molecule has 3 aliphatic rings. The lowest BCUT2D eigenvalue weighted by Gasteiger charge is -2.50. The van der Waals surface area contributed by atoms with Gasteiger partial charge in [-0.15, -0.1) is 0 Å². The standard InChI is InChI=1S/C51H47BN2Si/c1-34-28-29-40-45(30-34)53(37-32-35(50(2,3)4)31-36(33-37)51(5,6)7)43-24-17-25-44-48(43)52(40)41-22-16-27-47-49(41)54(44)42-23-14-15-26-46(42)55(47,38-18-10-8-11-19-38)39-20-12-9-13-21-39/h8-33H,1-7H3. The Balaban J connectivity index is 1.31. The lowest BCUT2D eigenvalue weighted by atomic mass is 9.33. The van der Waals surface area contributed by atoms with E-state index in [4.69, 9.17) is 0 Å². The fraction of sp³-hybridized carbons (Fsp3) is 0.176. The van der Waals surface area contributed by atoms with E-state index in [1.807, 2.05) is 0 Å². The second-order valence-corrected chi connectivity index (χ2v) is 21.6. The first-order valence-corrected chi connectivity index (χ1v) is 21.8. The first kappa shape index (κ1) is 34.0. The van der Waals surface area contributed by atoms with Crippen LogP contribution in [0.25, 0.3) is 0 Å². The van der Waals surface area contributed by atoms with Crippen molar-refractivity contribution < 1.29 is 0 Å². The number of hydrogen-bond donors (Lipinski definition) is 0. The van der Waals surface area contributed by atoms with Crippen LogP contribution in [0.1, 0.15) is 58.2 Å². The minimum atomic E-state index is -2.76. The van der Waals surface area contributed by atoms with Crippen LogP contribution in [0.2, 0.25) is 0 Å². The molecular formula is C51H47BN2Si. The van der Waals surface area contributed by atoms with Gasteiger partial charge >= 0.3 is 0 Å². The van der Waals surface area contributed by atoms with Gasteiger partial charge in [-0.2, -0.15) is 0 Å². The zero-order valence-corrected chi connectivity index (χ0v) is 34.0. The maximum atomic E-state index is 2.63. The van der Waals surface area contributed by atoms with Crippen LogP contribution in [0.15, 0.2) is 158 Å². The fourth-order valence-corrected chi connectivity index (χ4v) is 15.0. The largest absolute Gasteiger partial charge is 0.312 e. The van der Waals surface area contributed by atoms with E-state index in [-0.39, 0.29) is 17.5 Å². The number of anilines is 6. The van der Waals surface area contributed by atoms with Gasteiger partial charge in [0.2, 0.25) is 0 Å². The van der Waals surface area contributed by atoms with Crippen molar-refractivity contribution in [1.82, 2.24) is 0 Å². The van der Waals surface area contributed by atoms with Crippen LogP contribution in [-0.4, -0.2) is 14.8 Å². The number of hydrogen-bond acceptors (Lipinski definition) is 2. The summed E-state index contributed by atoms with van der Waals surface area (Å²) in [4.78, 5) is 5.22. The molecule has 0 amide bonds. The molecule has 0 N–H and O–H groups in total. The van der Waals surface area contributed by atoms with Crippen molar-refractivity contribution in [3.63, 3.8) is 0 Å². The summed E-state index contributed by atoms with van der Waals surface area (Å²) in [7, 11) is -2.76. The van der Waals surface area contributed by atoms with Crippen LogP contribution in [-0.2, 0) is 10.8 Å². The molecule has 7 aromatic rings. The normalized spacial score (nSPS) is 14.9. The Morgan fingerprint density at radius 2 is 1.00 bits per heavy atom. The number of rotatable bonds is 3. The van der Waals surface area contributed by atoms with E-state index in [1.54, 1.807) is 0 Å². The van der Waals surface area contributed by atoms with Crippen LogP contribution in [0.4, 0.5) is 34.1 Å². The van der Waals surface area contributed by atoms with Gasteiger partial charge < -0.3 is 9.80 Å². The molecule has 0 saturated heterocycles. The Hall–Kier alpha value is -5.58. The minimum absolute atomic E-state index is 0.000623. The summed E-state index contributed by atoms with van der Waals surface area (Å²) in [6.45, 7) is 16.3. The van der Waals surface area contributed by atoms with E-state index >= 15 is 0 Å². The van der Waals surface area contributed by atoms with Crippen molar-refractivity contribution in [2.75, 3.05) is 9.80 Å². The Morgan fingerprint density at radius 3 is 1.64 bits per heavy atom. The third-order valence-electron chi connectivity index (χ3n) is 12.4. The summed E-state index contributed by atoms with van der Waals surface area (Å²) in [6.07, 6.45) is 0. The molecule has 268 valence electrons. The van der Waals surface area contributed by atoms with E-state index in [9.17, 15) is 0 Å². The van der Waals surface area contributed by atoms with Gasteiger partial charge in [0.05, 0.1) is 0 Å². The number of para-hydroxylation sites is 2. The summed E-state index contributed by atoms with van der Waals surface area (Å²) in [5.41, 5.74) is 15.8. The zero-order chi connectivity index (χ0) is 37.9. The van der Waals surface area contributed by atoms with Crippen LogP contribution in [0.5, 0.6) is 0 Å². The molecule has 0 aliphatic carbocycles. The molecule has 0 bridgehead atoms. The number of aryl methyl sites for hydroxylation is 1. The first-order chi connectivity index (χ1) is 26.5. The maximum absolute atomic E-state index is 2.76. The van der Waals surface area contributed by atoms with Crippen LogP contribution >= 0.6 is 0 Å². The molecule has 0 fully saturated rings.